The van der Waals surface area contributed by atoms with Gasteiger partial charge in [0.2, 0.25) is 17.7 Å². The molecule has 2 unspecified atom stereocenters. The van der Waals surface area contributed by atoms with Crippen LogP contribution in [0.25, 0.3) is 21.8 Å². The van der Waals surface area contributed by atoms with Gasteiger partial charge in [0, 0.05) is 93.6 Å². The predicted octanol–water partition coefficient (Wildman–Crippen LogP) is 5.33. The van der Waals surface area contributed by atoms with E-state index in [1.165, 1.54) is 4.57 Å². The number of alkyl halides is 1. The summed E-state index contributed by atoms with van der Waals surface area (Å²) < 4.78 is 17.3. The van der Waals surface area contributed by atoms with Gasteiger partial charge in [-0.3, -0.25) is 33.6 Å². The standard InChI is InChI=1S/C56H66FN9O6/c1-35-8-12-40(60-47-33-58-32-46(47)57)30-45(35)52(68)59-36(2)42-14-11-38(43-6-4-5-7-44(42)43)10-9-37-18-24-63(25-19-37)34-56(72)22-28-65(29-23-56)54(70)39-20-26-64(27-21-39)41-13-15-48-50(31-41)62(3)55(71)66(48)49-16-17-51(67)61-53(49)69/h4-8,11-15,30-31,36-37,39,46-47,49,58,60,72H,16-29,32-34H2,1-3H3,(H,59,68)(H,61,67,69)/t36-,46-,47?,49?/m1/s1. The van der Waals surface area contributed by atoms with Crippen molar-refractivity contribution in [2.24, 2.45) is 18.9 Å². The highest BCUT2D eigenvalue weighted by Gasteiger charge is 2.39. The molecule has 5 saturated heterocycles. The second-order valence-electron chi connectivity index (χ2n) is 20.9. The minimum atomic E-state index is -0.986. The smallest absolute Gasteiger partial charge is 0.329 e. The van der Waals surface area contributed by atoms with E-state index in [2.05, 4.69) is 67.2 Å². The first-order valence-electron chi connectivity index (χ1n) is 25.8. The van der Waals surface area contributed by atoms with Crippen LogP contribution in [0.2, 0.25) is 0 Å². The zero-order valence-corrected chi connectivity index (χ0v) is 41.5. The number of rotatable bonds is 10. The molecule has 6 heterocycles. The number of piperidine rings is 4. The maximum Gasteiger partial charge on any atom is 0.329 e. The van der Waals surface area contributed by atoms with Gasteiger partial charge in [-0.05, 0) is 130 Å². The number of fused-ring (bicyclic) bond motifs is 2. The molecule has 0 aliphatic carbocycles. The van der Waals surface area contributed by atoms with Gasteiger partial charge in [-0.15, -0.1) is 0 Å². The molecule has 5 N–H and O–H groups in total. The molecule has 4 aromatic carbocycles. The first-order chi connectivity index (χ1) is 34.7. The van der Waals surface area contributed by atoms with Gasteiger partial charge < -0.3 is 35.8 Å². The first-order valence-corrected chi connectivity index (χ1v) is 25.8. The third kappa shape index (κ3) is 10.1. The van der Waals surface area contributed by atoms with Gasteiger partial charge in [0.15, 0.2) is 0 Å². The average Bonchev–Trinajstić information content (AvgIpc) is 3.90. The van der Waals surface area contributed by atoms with Crippen LogP contribution in [0.4, 0.5) is 15.8 Å². The lowest BCUT2D eigenvalue weighted by atomic mass is 9.87. The van der Waals surface area contributed by atoms with Gasteiger partial charge in [-0.1, -0.05) is 48.2 Å². The Balaban J connectivity index is 0.688. The van der Waals surface area contributed by atoms with Crippen LogP contribution in [-0.2, 0) is 21.4 Å². The second-order valence-corrected chi connectivity index (χ2v) is 20.9. The van der Waals surface area contributed by atoms with E-state index in [-0.39, 0.29) is 60.2 Å². The number of carbonyl (C=O) groups excluding carboxylic acids is 4. The molecule has 378 valence electrons. The number of aromatic nitrogens is 2. The lowest BCUT2D eigenvalue weighted by Gasteiger charge is -2.43. The number of imidazole rings is 1. The molecule has 4 amide bonds. The van der Waals surface area contributed by atoms with Crippen molar-refractivity contribution in [3.8, 4) is 11.8 Å². The maximum atomic E-state index is 14.3. The number of nitrogens with one attached hydrogen (secondary N) is 4. The minimum absolute atomic E-state index is 0.0860. The molecule has 10 rings (SSSR count). The molecule has 72 heavy (non-hydrogen) atoms. The van der Waals surface area contributed by atoms with Gasteiger partial charge in [0.1, 0.15) is 12.2 Å². The molecule has 5 fully saturated rings. The molecule has 0 spiro atoms. The molecule has 5 aromatic rings. The number of benzene rings is 4. The minimum Gasteiger partial charge on any atom is -0.388 e. The zero-order chi connectivity index (χ0) is 50.3. The van der Waals surface area contributed by atoms with Gasteiger partial charge in [0.25, 0.3) is 5.91 Å². The van der Waals surface area contributed by atoms with E-state index in [1.807, 2.05) is 61.2 Å². The zero-order valence-electron chi connectivity index (χ0n) is 41.5. The number of halogens is 1. The summed E-state index contributed by atoms with van der Waals surface area (Å²) in [5.41, 5.74) is 5.24. The fraction of sp³-hybridized carbons (Fsp3) is 0.482. The number of β-amino-alcohol motifs (C(OH)–C–C–N with tert-alkyl or cyclic N) is 1. The Bertz CT molecular complexity index is 3020. The van der Waals surface area contributed by atoms with E-state index >= 15 is 0 Å². The molecular formula is C56H66FN9O6. The van der Waals surface area contributed by atoms with Crippen molar-refractivity contribution >= 4 is 56.8 Å². The van der Waals surface area contributed by atoms with Crippen molar-refractivity contribution in [2.45, 2.75) is 95.1 Å². The summed E-state index contributed by atoms with van der Waals surface area (Å²) in [4.78, 5) is 71.7. The van der Waals surface area contributed by atoms with Crippen LogP contribution in [0.5, 0.6) is 0 Å². The molecule has 0 bridgehead atoms. The summed E-state index contributed by atoms with van der Waals surface area (Å²) in [6.07, 6.45) is 3.83. The molecule has 1 aromatic heterocycles. The summed E-state index contributed by atoms with van der Waals surface area (Å²) in [5.74, 6) is 6.42. The number of hydrogen-bond acceptors (Lipinski definition) is 10. The molecule has 0 radical (unpaired) electrons. The Labute approximate surface area is 419 Å². The fourth-order valence-corrected chi connectivity index (χ4v) is 11.7. The van der Waals surface area contributed by atoms with Crippen molar-refractivity contribution in [1.29, 1.82) is 0 Å². The normalized spacial score (nSPS) is 22.7. The molecule has 15 nitrogen and oxygen atoms in total. The van der Waals surface area contributed by atoms with Crippen molar-refractivity contribution < 1.29 is 28.7 Å². The van der Waals surface area contributed by atoms with E-state index in [0.29, 0.717) is 88.1 Å². The van der Waals surface area contributed by atoms with Gasteiger partial charge >= 0.3 is 5.69 Å². The van der Waals surface area contributed by atoms with Crippen LogP contribution >= 0.6 is 0 Å². The Morgan fingerprint density at radius 1 is 0.875 bits per heavy atom. The van der Waals surface area contributed by atoms with Crippen molar-refractivity contribution in [1.82, 2.24) is 34.9 Å². The topological polar surface area (TPSA) is 173 Å². The third-order valence-electron chi connectivity index (χ3n) is 16.1. The monoisotopic (exact) mass is 980 g/mol. The summed E-state index contributed by atoms with van der Waals surface area (Å²) in [6, 6.07) is 22.3. The van der Waals surface area contributed by atoms with Crippen LogP contribution in [-0.4, -0.2) is 124 Å². The van der Waals surface area contributed by atoms with Gasteiger partial charge in [-0.25, -0.2) is 9.18 Å². The number of aliphatic hydroxyl groups is 1. The number of likely N-dealkylation sites (tertiary alicyclic amines) is 2. The summed E-state index contributed by atoms with van der Waals surface area (Å²) in [7, 11) is 1.69. The molecule has 16 heteroatoms. The number of imide groups is 1. The van der Waals surface area contributed by atoms with Crippen LogP contribution in [0.1, 0.15) is 97.4 Å². The number of nitrogens with zero attached hydrogens (tertiary/aromatic N) is 5. The highest BCUT2D eigenvalue weighted by atomic mass is 19.1. The molecule has 5 aliphatic heterocycles. The highest BCUT2D eigenvalue weighted by molar-refractivity contribution is 6.00. The largest absolute Gasteiger partial charge is 0.388 e. The van der Waals surface area contributed by atoms with E-state index in [9.17, 15) is 33.5 Å². The van der Waals surface area contributed by atoms with Gasteiger partial charge in [0.05, 0.1) is 28.7 Å². The molecule has 5 aliphatic rings. The molecular weight excluding hydrogens is 914 g/mol. The Hall–Kier alpha value is -6.54. The van der Waals surface area contributed by atoms with E-state index in [0.717, 1.165) is 64.8 Å². The average molecular weight is 980 g/mol. The second kappa shape index (κ2) is 20.5. The Morgan fingerprint density at radius 2 is 1.62 bits per heavy atom. The van der Waals surface area contributed by atoms with Crippen LogP contribution in [0.15, 0.2) is 77.6 Å². The van der Waals surface area contributed by atoms with E-state index in [4.69, 9.17) is 0 Å². The lowest BCUT2D eigenvalue weighted by Crippen LogP contribution is -2.54. The summed E-state index contributed by atoms with van der Waals surface area (Å²) in [5, 5.41) is 25.7. The first kappa shape index (κ1) is 49.1. The van der Waals surface area contributed by atoms with E-state index < -0.39 is 23.7 Å². The predicted molar refractivity (Wildman–Crippen MR) is 277 cm³/mol. The lowest BCUT2D eigenvalue weighted by molar-refractivity contribution is -0.141. The van der Waals surface area contributed by atoms with Crippen LogP contribution in [0, 0.1) is 30.6 Å². The third-order valence-corrected chi connectivity index (χ3v) is 16.1. The Kier molecular flexibility index (Phi) is 14.0. The summed E-state index contributed by atoms with van der Waals surface area (Å²) >= 11 is 0. The number of hydrogen-bond donors (Lipinski definition) is 5. The summed E-state index contributed by atoms with van der Waals surface area (Å²) in [6.45, 7) is 9.51. The van der Waals surface area contributed by atoms with Crippen LogP contribution in [0.3, 0.4) is 0 Å². The number of amides is 4. The SMILES string of the molecule is Cc1ccc(NC2CNC[C@H]2F)cc1C(=O)N[C@H](C)c1ccc(C#CC2CCN(CC3(O)CCN(C(=O)C4CCN(c5ccc6c(c5)n(C)c(=O)n6C5CCC(=O)NC5=O)CC4)CC3)CC2)c2ccccc12. The van der Waals surface area contributed by atoms with Crippen LogP contribution < -0.4 is 31.9 Å². The van der Waals surface area contributed by atoms with Crippen molar-refractivity contribution in [3.05, 3.63) is 106 Å². The van der Waals surface area contributed by atoms with Crippen molar-refractivity contribution in [3.63, 3.8) is 0 Å². The number of anilines is 2. The molecule has 4 atom stereocenters. The number of aryl methyl sites for hydroxylation is 2. The Morgan fingerprint density at radius 3 is 2.35 bits per heavy atom. The van der Waals surface area contributed by atoms with Crippen molar-refractivity contribution in [2.75, 3.05) is 69.1 Å². The number of carbonyl (C=O) groups is 4. The highest BCUT2D eigenvalue weighted by Crippen LogP contribution is 2.33. The quantitative estimate of drug-likeness (QED) is 0.0911. The molecule has 0 saturated carbocycles. The van der Waals surface area contributed by atoms with Gasteiger partial charge in [-0.2, -0.15) is 0 Å². The fourth-order valence-electron chi connectivity index (χ4n) is 11.7. The van der Waals surface area contributed by atoms with E-state index in [1.54, 1.807) is 17.7 Å². The maximum absolute atomic E-state index is 14.3.